The molecule has 0 saturated heterocycles. The SMILES string of the molecule is CC(=O)OC1N=C(c2ccccc2F)c2cc(C(F)(F)F)ccc2-n2cc(C)nc21. The molecule has 2 heterocycles. The summed E-state index contributed by atoms with van der Waals surface area (Å²) in [5.74, 6) is -1.13. The highest BCUT2D eigenvalue weighted by atomic mass is 19.4. The highest BCUT2D eigenvalue weighted by Gasteiger charge is 2.34. The lowest BCUT2D eigenvalue weighted by atomic mass is 9.97. The zero-order valence-electron chi connectivity index (χ0n) is 15.9. The lowest BCUT2D eigenvalue weighted by Crippen LogP contribution is -2.13. The molecule has 1 aromatic heterocycles. The first-order valence-electron chi connectivity index (χ1n) is 8.93. The van der Waals surface area contributed by atoms with E-state index in [1.165, 1.54) is 35.8 Å². The van der Waals surface area contributed by atoms with Crippen molar-refractivity contribution >= 4 is 11.7 Å². The Morgan fingerprint density at radius 3 is 2.53 bits per heavy atom. The van der Waals surface area contributed by atoms with Crippen LogP contribution in [0.4, 0.5) is 17.6 Å². The minimum atomic E-state index is -4.61. The molecule has 0 amide bonds. The summed E-state index contributed by atoms with van der Waals surface area (Å²) < 4.78 is 61.6. The quantitative estimate of drug-likeness (QED) is 0.447. The number of esters is 1. The summed E-state index contributed by atoms with van der Waals surface area (Å²) in [5.41, 5.74) is -0.0769. The summed E-state index contributed by atoms with van der Waals surface area (Å²) in [6.45, 7) is 2.87. The Bertz CT molecular complexity index is 1180. The molecule has 3 aromatic rings. The van der Waals surface area contributed by atoms with E-state index in [1.807, 2.05) is 0 Å². The van der Waals surface area contributed by atoms with Crippen molar-refractivity contribution in [3.05, 3.63) is 82.7 Å². The van der Waals surface area contributed by atoms with Gasteiger partial charge in [0, 0.05) is 24.2 Å². The van der Waals surface area contributed by atoms with E-state index in [1.54, 1.807) is 19.2 Å². The van der Waals surface area contributed by atoms with Gasteiger partial charge in [0.2, 0.25) is 0 Å². The molecule has 2 aromatic carbocycles. The fourth-order valence-electron chi connectivity index (χ4n) is 3.34. The number of rotatable bonds is 2. The van der Waals surface area contributed by atoms with Gasteiger partial charge in [-0.25, -0.2) is 14.4 Å². The predicted molar refractivity (Wildman–Crippen MR) is 99.8 cm³/mol. The van der Waals surface area contributed by atoms with Crippen LogP contribution < -0.4 is 0 Å². The number of carbonyl (C=O) groups is 1. The molecule has 0 saturated carbocycles. The Morgan fingerprint density at radius 1 is 1.13 bits per heavy atom. The van der Waals surface area contributed by atoms with E-state index >= 15 is 0 Å². The maximum absolute atomic E-state index is 14.6. The number of aliphatic imine (C=N–C) groups is 1. The van der Waals surface area contributed by atoms with Crippen LogP contribution in [0.1, 0.15) is 41.4 Å². The van der Waals surface area contributed by atoms with Crippen molar-refractivity contribution in [3.63, 3.8) is 0 Å². The van der Waals surface area contributed by atoms with Gasteiger partial charge in [-0.15, -0.1) is 0 Å². The smallest absolute Gasteiger partial charge is 0.416 e. The Kier molecular flexibility index (Phi) is 4.68. The first-order chi connectivity index (χ1) is 14.1. The third-order valence-electron chi connectivity index (χ3n) is 4.57. The predicted octanol–water partition coefficient (Wildman–Crippen LogP) is 4.75. The Morgan fingerprint density at radius 2 is 1.87 bits per heavy atom. The van der Waals surface area contributed by atoms with E-state index in [4.69, 9.17) is 4.74 Å². The first-order valence-corrected chi connectivity index (χ1v) is 8.93. The Balaban J connectivity index is 2.06. The molecule has 0 aliphatic carbocycles. The number of imidazole rings is 1. The third-order valence-corrected chi connectivity index (χ3v) is 4.57. The molecule has 1 aliphatic heterocycles. The van der Waals surface area contributed by atoms with Gasteiger partial charge in [-0.05, 0) is 37.3 Å². The lowest BCUT2D eigenvalue weighted by Gasteiger charge is -2.15. The third kappa shape index (κ3) is 3.47. The number of halogens is 4. The molecule has 0 fully saturated rings. The van der Waals surface area contributed by atoms with Crippen LogP contribution in [0.2, 0.25) is 0 Å². The summed E-state index contributed by atoms with van der Waals surface area (Å²) >= 11 is 0. The van der Waals surface area contributed by atoms with Gasteiger partial charge in [-0.2, -0.15) is 13.2 Å². The van der Waals surface area contributed by atoms with E-state index < -0.39 is 29.8 Å². The Hall–Kier alpha value is -3.49. The molecule has 1 aliphatic rings. The molecule has 1 unspecified atom stereocenters. The van der Waals surface area contributed by atoms with Gasteiger partial charge in [0.1, 0.15) is 5.82 Å². The zero-order chi connectivity index (χ0) is 21.6. The van der Waals surface area contributed by atoms with Gasteiger partial charge in [0.05, 0.1) is 22.7 Å². The second-order valence-electron chi connectivity index (χ2n) is 6.76. The van der Waals surface area contributed by atoms with E-state index in [0.717, 1.165) is 12.1 Å². The zero-order valence-corrected chi connectivity index (χ0v) is 15.9. The van der Waals surface area contributed by atoms with Crippen LogP contribution in [-0.4, -0.2) is 21.2 Å². The Labute approximate surface area is 168 Å². The van der Waals surface area contributed by atoms with E-state index in [2.05, 4.69) is 9.98 Å². The number of carbonyl (C=O) groups excluding carboxylic acids is 1. The average molecular weight is 417 g/mol. The molecule has 0 bridgehead atoms. The second-order valence-corrected chi connectivity index (χ2v) is 6.76. The van der Waals surface area contributed by atoms with Crippen molar-refractivity contribution in [1.82, 2.24) is 9.55 Å². The van der Waals surface area contributed by atoms with Gasteiger partial charge in [0.25, 0.3) is 6.23 Å². The van der Waals surface area contributed by atoms with Gasteiger partial charge < -0.3 is 4.74 Å². The number of hydrogen-bond acceptors (Lipinski definition) is 4. The second kappa shape index (κ2) is 7.08. The molecule has 30 heavy (non-hydrogen) atoms. The van der Waals surface area contributed by atoms with Crippen molar-refractivity contribution in [3.8, 4) is 5.69 Å². The van der Waals surface area contributed by atoms with Gasteiger partial charge in [-0.1, -0.05) is 12.1 Å². The van der Waals surface area contributed by atoms with Crippen molar-refractivity contribution in [2.45, 2.75) is 26.3 Å². The number of hydrogen-bond donors (Lipinski definition) is 0. The summed E-state index contributed by atoms with van der Waals surface area (Å²) in [6, 6.07) is 8.71. The molecule has 0 spiro atoms. The summed E-state index contributed by atoms with van der Waals surface area (Å²) in [4.78, 5) is 20.3. The van der Waals surface area contributed by atoms with E-state index in [-0.39, 0.29) is 22.7 Å². The van der Waals surface area contributed by atoms with Crippen molar-refractivity contribution in [2.75, 3.05) is 0 Å². The minimum Gasteiger partial charge on any atom is -0.432 e. The van der Waals surface area contributed by atoms with Crippen LogP contribution in [0.25, 0.3) is 5.69 Å². The molecule has 9 heteroatoms. The number of aromatic nitrogens is 2. The fraction of sp³-hybridized carbons (Fsp3) is 0.190. The van der Waals surface area contributed by atoms with E-state index in [0.29, 0.717) is 11.4 Å². The fourth-order valence-corrected chi connectivity index (χ4v) is 3.34. The highest BCUT2D eigenvalue weighted by molar-refractivity contribution is 6.15. The van der Waals surface area contributed by atoms with Crippen LogP contribution in [0.5, 0.6) is 0 Å². The number of nitrogens with zero attached hydrogens (tertiary/aromatic N) is 3. The number of ether oxygens (including phenoxy) is 1. The van der Waals surface area contributed by atoms with Crippen molar-refractivity contribution < 1.29 is 27.1 Å². The van der Waals surface area contributed by atoms with Crippen molar-refractivity contribution in [1.29, 1.82) is 0 Å². The number of aryl methyl sites for hydroxylation is 1. The maximum Gasteiger partial charge on any atom is 0.416 e. The van der Waals surface area contributed by atoms with Crippen molar-refractivity contribution in [2.24, 2.45) is 4.99 Å². The largest absolute Gasteiger partial charge is 0.432 e. The molecule has 1 atom stereocenters. The van der Waals surface area contributed by atoms with Gasteiger partial charge >= 0.3 is 12.1 Å². The lowest BCUT2D eigenvalue weighted by molar-refractivity contribution is -0.146. The summed E-state index contributed by atoms with van der Waals surface area (Å²) in [6.07, 6.45) is -4.27. The molecule has 0 N–H and O–H groups in total. The van der Waals surface area contributed by atoms with Gasteiger partial charge in [0.15, 0.2) is 5.82 Å². The summed E-state index contributed by atoms with van der Waals surface area (Å²) in [7, 11) is 0. The number of benzene rings is 2. The number of alkyl halides is 3. The molecular formula is C21H15F4N3O2. The maximum atomic E-state index is 14.6. The van der Waals surface area contributed by atoms with Gasteiger partial charge in [-0.3, -0.25) is 9.36 Å². The monoisotopic (exact) mass is 417 g/mol. The van der Waals surface area contributed by atoms with Crippen LogP contribution in [0.3, 0.4) is 0 Å². The number of fused-ring (bicyclic) bond motifs is 3. The normalized spacial score (nSPS) is 15.7. The highest BCUT2D eigenvalue weighted by Crippen LogP contribution is 2.36. The van der Waals surface area contributed by atoms with Crippen LogP contribution in [-0.2, 0) is 15.7 Å². The molecule has 5 nitrogen and oxygen atoms in total. The molecule has 0 radical (unpaired) electrons. The molecule has 154 valence electrons. The molecular weight excluding hydrogens is 402 g/mol. The summed E-state index contributed by atoms with van der Waals surface area (Å²) in [5, 5.41) is 0. The van der Waals surface area contributed by atoms with Crippen LogP contribution in [0, 0.1) is 12.7 Å². The topological polar surface area (TPSA) is 56.5 Å². The van der Waals surface area contributed by atoms with Crippen LogP contribution in [0.15, 0.2) is 53.7 Å². The standard InChI is InChI=1S/C21H15F4N3O2/c1-11-10-28-17-8-7-13(21(23,24)25)9-15(17)18(14-5-3-4-6-16(14)22)27-20(19(28)26-11)30-12(2)29/h3-10,20H,1-2H3. The molecule has 4 rings (SSSR count). The first kappa shape index (κ1) is 19.8. The average Bonchev–Trinajstić information content (AvgIpc) is 3.01. The van der Waals surface area contributed by atoms with Crippen LogP contribution >= 0.6 is 0 Å². The minimum absolute atomic E-state index is 0.0160. The van der Waals surface area contributed by atoms with E-state index in [9.17, 15) is 22.4 Å².